The van der Waals surface area contributed by atoms with Crippen molar-refractivity contribution >= 4 is 11.8 Å². The number of nitrogens with zero attached hydrogens (tertiary/aromatic N) is 3. The number of carbonyl (C=O) groups is 2. The van der Waals surface area contributed by atoms with Crippen molar-refractivity contribution in [1.29, 1.82) is 0 Å². The largest absolute Gasteiger partial charge is 0.354 e. The molecular formula is C12H20N6O2. The molecule has 0 aliphatic carbocycles. The first-order valence-corrected chi connectivity index (χ1v) is 6.83. The molecule has 3 N–H and O–H groups in total. The summed E-state index contributed by atoms with van der Waals surface area (Å²) in [5, 5.41) is 16.2. The predicted octanol–water partition coefficient (Wildman–Crippen LogP) is -0.933. The van der Waals surface area contributed by atoms with Gasteiger partial charge in [0.15, 0.2) is 5.69 Å². The second-order valence-corrected chi connectivity index (χ2v) is 4.88. The van der Waals surface area contributed by atoms with Crippen LogP contribution in [0.25, 0.3) is 0 Å². The highest BCUT2D eigenvalue weighted by molar-refractivity contribution is 5.95. The standard InChI is InChI=1S/C12H20N6O2/c1-3-4-14-11(19)8(2)15-12(20)10-7-18(17-16-10)9-5-13-6-9/h7-9,13H,3-6H2,1-2H3,(H,14,19)(H,15,20). The van der Waals surface area contributed by atoms with Gasteiger partial charge in [-0.15, -0.1) is 5.10 Å². The SMILES string of the molecule is CCCNC(=O)C(C)NC(=O)c1cn(C2CNC2)nn1. The van der Waals surface area contributed by atoms with Gasteiger partial charge in [-0.3, -0.25) is 9.59 Å². The van der Waals surface area contributed by atoms with Crippen LogP contribution in [0.1, 0.15) is 36.8 Å². The van der Waals surface area contributed by atoms with E-state index < -0.39 is 6.04 Å². The zero-order valence-corrected chi connectivity index (χ0v) is 11.7. The second-order valence-electron chi connectivity index (χ2n) is 4.88. The molecule has 0 saturated carbocycles. The molecule has 1 fully saturated rings. The molecule has 8 heteroatoms. The number of nitrogens with one attached hydrogen (secondary N) is 3. The normalized spacial score (nSPS) is 16.3. The summed E-state index contributed by atoms with van der Waals surface area (Å²) in [5.74, 6) is -0.585. The summed E-state index contributed by atoms with van der Waals surface area (Å²) >= 11 is 0. The van der Waals surface area contributed by atoms with Gasteiger partial charge in [0, 0.05) is 19.6 Å². The summed E-state index contributed by atoms with van der Waals surface area (Å²) < 4.78 is 1.67. The van der Waals surface area contributed by atoms with Crippen molar-refractivity contribution in [2.45, 2.75) is 32.4 Å². The molecule has 0 radical (unpaired) electrons. The van der Waals surface area contributed by atoms with Gasteiger partial charge in [0.05, 0.1) is 12.2 Å². The van der Waals surface area contributed by atoms with Gasteiger partial charge in [0.1, 0.15) is 6.04 Å². The number of aromatic nitrogens is 3. The Morgan fingerprint density at radius 3 is 2.90 bits per heavy atom. The summed E-state index contributed by atoms with van der Waals surface area (Å²) in [5.41, 5.74) is 0.229. The molecule has 1 atom stereocenters. The quantitative estimate of drug-likeness (QED) is 0.625. The lowest BCUT2D eigenvalue weighted by atomic mass is 10.2. The van der Waals surface area contributed by atoms with Crippen LogP contribution in [0.3, 0.4) is 0 Å². The molecule has 0 aromatic carbocycles. The van der Waals surface area contributed by atoms with E-state index >= 15 is 0 Å². The van der Waals surface area contributed by atoms with Crippen LogP contribution in [0, 0.1) is 0 Å². The maximum Gasteiger partial charge on any atom is 0.274 e. The lowest BCUT2D eigenvalue weighted by Crippen LogP contribution is -2.45. The minimum atomic E-state index is -0.593. The van der Waals surface area contributed by atoms with Crippen molar-refractivity contribution in [2.24, 2.45) is 0 Å². The fraction of sp³-hybridized carbons (Fsp3) is 0.667. The molecule has 8 nitrogen and oxygen atoms in total. The van der Waals surface area contributed by atoms with Gasteiger partial charge >= 0.3 is 0 Å². The zero-order valence-electron chi connectivity index (χ0n) is 11.7. The Bertz CT molecular complexity index is 482. The van der Waals surface area contributed by atoms with Crippen LogP contribution >= 0.6 is 0 Å². The first kappa shape index (κ1) is 14.4. The fourth-order valence-corrected chi connectivity index (χ4v) is 1.76. The van der Waals surface area contributed by atoms with Crippen LogP contribution in [-0.2, 0) is 4.79 Å². The Morgan fingerprint density at radius 2 is 2.30 bits per heavy atom. The Kier molecular flexibility index (Phi) is 4.67. The average molecular weight is 280 g/mol. The lowest BCUT2D eigenvalue weighted by Gasteiger charge is -2.26. The summed E-state index contributed by atoms with van der Waals surface area (Å²) in [6, 6.07) is -0.334. The Hall–Kier alpha value is -1.96. The number of amides is 2. The third-order valence-corrected chi connectivity index (χ3v) is 3.17. The summed E-state index contributed by atoms with van der Waals surface area (Å²) in [7, 11) is 0. The molecule has 1 aliphatic rings. The molecule has 110 valence electrons. The van der Waals surface area contributed by atoms with E-state index in [2.05, 4.69) is 26.3 Å². The topological polar surface area (TPSA) is 101 Å². The number of hydrogen-bond donors (Lipinski definition) is 3. The summed E-state index contributed by atoms with van der Waals surface area (Å²) in [4.78, 5) is 23.6. The predicted molar refractivity (Wildman–Crippen MR) is 72.2 cm³/mol. The molecule has 2 rings (SSSR count). The van der Waals surface area contributed by atoms with Gasteiger partial charge in [0.2, 0.25) is 5.91 Å². The molecule has 1 aromatic heterocycles. The van der Waals surface area contributed by atoms with E-state index in [0.29, 0.717) is 6.54 Å². The van der Waals surface area contributed by atoms with Crippen LogP contribution in [0.2, 0.25) is 0 Å². The Labute approximate surface area is 117 Å². The lowest BCUT2D eigenvalue weighted by molar-refractivity contribution is -0.122. The van der Waals surface area contributed by atoms with Gasteiger partial charge in [-0.05, 0) is 13.3 Å². The second kappa shape index (κ2) is 6.47. The minimum Gasteiger partial charge on any atom is -0.354 e. The maximum atomic E-state index is 12.0. The highest BCUT2D eigenvalue weighted by Crippen LogP contribution is 2.09. The Balaban J connectivity index is 1.87. The van der Waals surface area contributed by atoms with Gasteiger partial charge in [-0.25, -0.2) is 4.68 Å². The number of carbonyl (C=O) groups excluding carboxylic acids is 2. The summed E-state index contributed by atoms with van der Waals surface area (Å²) in [6.45, 7) is 5.88. The third kappa shape index (κ3) is 3.32. The van der Waals surface area contributed by atoms with Gasteiger partial charge in [-0.2, -0.15) is 0 Å². The highest BCUT2D eigenvalue weighted by atomic mass is 16.2. The molecule has 2 amide bonds. The van der Waals surface area contributed by atoms with Crippen molar-refractivity contribution in [2.75, 3.05) is 19.6 Å². The first-order valence-electron chi connectivity index (χ1n) is 6.83. The fourth-order valence-electron chi connectivity index (χ4n) is 1.76. The highest BCUT2D eigenvalue weighted by Gasteiger charge is 2.23. The van der Waals surface area contributed by atoms with E-state index in [0.717, 1.165) is 19.5 Å². The van der Waals surface area contributed by atoms with E-state index in [4.69, 9.17) is 0 Å². The van der Waals surface area contributed by atoms with Gasteiger partial charge in [-0.1, -0.05) is 12.1 Å². The minimum absolute atomic E-state index is 0.198. The molecule has 0 spiro atoms. The van der Waals surface area contributed by atoms with Crippen molar-refractivity contribution in [1.82, 2.24) is 30.9 Å². The summed E-state index contributed by atoms with van der Waals surface area (Å²) in [6.07, 6.45) is 2.47. The van der Waals surface area contributed by atoms with Crippen molar-refractivity contribution in [3.05, 3.63) is 11.9 Å². The van der Waals surface area contributed by atoms with Crippen LogP contribution in [-0.4, -0.2) is 52.5 Å². The molecule has 20 heavy (non-hydrogen) atoms. The van der Waals surface area contributed by atoms with Crippen LogP contribution in [0.15, 0.2) is 6.20 Å². The maximum absolute atomic E-state index is 12.0. The van der Waals surface area contributed by atoms with Crippen LogP contribution in [0.5, 0.6) is 0 Å². The van der Waals surface area contributed by atoms with E-state index in [-0.39, 0.29) is 23.6 Å². The average Bonchev–Trinajstić information content (AvgIpc) is 2.83. The van der Waals surface area contributed by atoms with E-state index in [1.807, 2.05) is 6.92 Å². The monoisotopic (exact) mass is 280 g/mol. The van der Waals surface area contributed by atoms with Crippen molar-refractivity contribution in [3.63, 3.8) is 0 Å². The van der Waals surface area contributed by atoms with Crippen molar-refractivity contribution in [3.8, 4) is 0 Å². The van der Waals surface area contributed by atoms with Gasteiger partial charge in [0.25, 0.3) is 5.91 Å². The molecule has 1 aromatic rings. The van der Waals surface area contributed by atoms with E-state index in [1.165, 1.54) is 0 Å². The Morgan fingerprint density at radius 1 is 1.55 bits per heavy atom. The van der Waals surface area contributed by atoms with E-state index in [1.54, 1.807) is 17.8 Å². The zero-order chi connectivity index (χ0) is 14.5. The van der Waals surface area contributed by atoms with Crippen LogP contribution in [0.4, 0.5) is 0 Å². The van der Waals surface area contributed by atoms with E-state index in [9.17, 15) is 9.59 Å². The van der Waals surface area contributed by atoms with Crippen LogP contribution < -0.4 is 16.0 Å². The molecule has 1 saturated heterocycles. The van der Waals surface area contributed by atoms with Gasteiger partial charge < -0.3 is 16.0 Å². The molecular weight excluding hydrogens is 260 g/mol. The third-order valence-electron chi connectivity index (χ3n) is 3.17. The smallest absolute Gasteiger partial charge is 0.274 e. The molecule has 2 heterocycles. The molecule has 1 unspecified atom stereocenters. The number of rotatable bonds is 6. The number of hydrogen-bond acceptors (Lipinski definition) is 5. The molecule has 1 aliphatic heterocycles. The van der Waals surface area contributed by atoms with Crippen molar-refractivity contribution < 1.29 is 9.59 Å². The molecule has 0 bridgehead atoms. The first-order chi connectivity index (χ1) is 9.61.